The number of aryl methyl sites for hydroxylation is 2. The van der Waals surface area contributed by atoms with Gasteiger partial charge in [-0.05, 0) is 67.1 Å². The molecule has 0 spiro atoms. The number of fused-ring (bicyclic) bond motifs is 1. The minimum absolute atomic E-state index is 0.0189. The maximum Gasteiger partial charge on any atom is 0.243 e. The molecule has 0 aromatic heterocycles. The number of hydrogen-bond acceptors (Lipinski definition) is 4. The van der Waals surface area contributed by atoms with Crippen molar-refractivity contribution in [3.05, 3.63) is 89.5 Å². The monoisotopic (exact) mass is 490 g/mol. The molecule has 0 bridgehead atoms. The van der Waals surface area contributed by atoms with Crippen LogP contribution in [0.3, 0.4) is 0 Å². The SMILES string of the molecule is Cc1ccccc1-c1ccc(C2C(CO)N3CCCCN(S(=O)(=O)c4ccccc4C)C[C@@H]23)cc1. The minimum Gasteiger partial charge on any atom is -0.395 e. The Morgan fingerprint density at radius 2 is 1.51 bits per heavy atom. The van der Waals surface area contributed by atoms with E-state index in [1.165, 1.54) is 16.7 Å². The highest BCUT2D eigenvalue weighted by atomic mass is 32.2. The smallest absolute Gasteiger partial charge is 0.243 e. The van der Waals surface area contributed by atoms with E-state index < -0.39 is 10.0 Å². The van der Waals surface area contributed by atoms with E-state index in [0.29, 0.717) is 18.0 Å². The molecule has 2 saturated heterocycles. The third-order valence-electron chi connectivity index (χ3n) is 7.80. The highest BCUT2D eigenvalue weighted by molar-refractivity contribution is 7.89. The molecule has 3 aromatic carbocycles. The second kappa shape index (κ2) is 9.86. The molecule has 0 aliphatic carbocycles. The van der Waals surface area contributed by atoms with Crippen molar-refractivity contribution < 1.29 is 13.5 Å². The summed E-state index contributed by atoms with van der Waals surface area (Å²) in [5, 5.41) is 10.3. The van der Waals surface area contributed by atoms with Gasteiger partial charge in [0.25, 0.3) is 0 Å². The molecule has 3 atom stereocenters. The summed E-state index contributed by atoms with van der Waals surface area (Å²) >= 11 is 0. The highest BCUT2D eigenvalue weighted by Crippen LogP contribution is 2.43. The summed E-state index contributed by atoms with van der Waals surface area (Å²) in [6.07, 6.45) is 1.74. The number of aliphatic hydroxyl groups excluding tert-OH is 1. The van der Waals surface area contributed by atoms with Gasteiger partial charge in [0.05, 0.1) is 11.5 Å². The van der Waals surface area contributed by atoms with E-state index in [-0.39, 0.29) is 24.6 Å². The molecular weight excluding hydrogens is 456 g/mol. The quantitative estimate of drug-likeness (QED) is 0.569. The van der Waals surface area contributed by atoms with Crippen LogP contribution in [-0.4, -0.2) is 61.1 Å². The Hall–Kier alpha value is -2.51. The number of sulfonamides is 1. The summed E-state index contributed by atoms with van der Waals surface area (Å²) in [7, 11) is -3.59. The van der Waals surface area contributed by atoms with Gasteiger partial charge in [0.15, 0.2) is 0 Å². The second-order valence-corrected chi connectivity index (χ2v) is 11.8. The van der Waals surface area contributed by atoms with Crippen LogP contribution in [0.25, 0.3) is 11.1 Å². The van der Waals surface area contributed by atoms with Crippen LogP contribution in [0, 0.1) is 13.8 Å². The first kappa shape index (κ1) is 24.2. The largest absolute Gasteiger partial charge is 0.395 e. The van der Waals surface area contributed by atoms with E-state index in [1.807, 2.05) is 25.1 Å². The summed E-state index contributed by atoms with van der Waals surface area (Å²) in [5.41, 5.74) is 5.56. The van der Waals surface area contributed by atoms with Crippen molar-refractivity contribution in [2.24, 2.45) is 0 Å². The Bertz CT molecular complexity index is 1290. The lowest BCUT2D eigenvalue weighted by atomic mass is 9.74. The van der Waals surface area contributed by atoms with Crippen LogP contribution >= 0.6 is 0 Å². The van der Waals surface area contributed by atoms with Crippen LogP contribution in [0.4, 0.5) is 0 Å². The van der Waals surface area contributed by atoms with E-state index in [0.717, 1.165) is 30.5 Å². The van der Waals surface area contributed by atoms with Crippen LogP contribution in [0.15, 0.2) is 77.7 Å². The number of aliphatic hydroxyl groups is 1. The maximum absolute atomic E-state index is 13.6. The molecule has 2 heterocycles. The molecule has 0 radical (unpaired) electrons. The zero-order chi connectivity index (χ0) is 24.6. The van der Waals surface area contributed by atoms with E-state index in [2.05, 4.69) is 54.3 Å². The lowest BCUT2D eigenvalue weighted by Gasteiger charge is -2.57. The van der Waals surface area contributed by atoms with Crippen LogP contribution in [0.2, 0.25) is 0 Å². The van der Waals surface area contributed by atoms with E-state index in [1.54, 1.807) is 16.4 Å². The van der Waals surface area contributed by atoms with Crippen molar-refractivity contribution in [2.45, 2.75) is 49.6 Å². The zero-order valence-electron chi connectivity index (χ0n) is 20.5. The molecule has 0 saturated carbocycles. The van der Waals surface area contributed by atoms with Gasteiger partial charge in [-0.25, -0.2) is 8.42 Å². The molecular formula is C29H34N2O3S. The average molecular weight is 491 g/mol. The van der Waals surface area contributed by atoms with Crippen molar-refractivity contribution in [3.63, 3.8) is 0 Å². The number of nitrogens with zero attached hydrogens (tertiary/aromatic N) is 2. The van der Waals surface area contributed by atoms with E-state index in [4.69, 9.17) is 0 Å². The summed E-state index contributed by atoms with van der Waals surface area (Å²) in [5.74, 6) is 0.0959. The third kappa shape index (κ3) is 4.45. The molecule has 5 nitrogen and oxygen atoms in total. The van der Waals surface area contributed by atoms with Crippen molar-refractivity contribution in [3.8, 4) is 11.1 Å². The van der Waals surface area contributed by atoms with Crippen molar-refractivity contribution in [1.29, 1.82) is 0 Å². The Balaban J connectivity index is 1.44. The summed E-state index contributed by atoms with van der Waals surface area (Å²) < 4.78 is 28.9. The minimum atomic E-state index is -3.59. The molecule has 6 heteroatoms. The average Bonchev–Trinajstić information content (AvgIpc) is 2.84. The predicted molar refractivity (Wildman–Crippen MR) is 140 cm³/mol. The number of benzene rings is 3. The molecule has 2 aliphatic rings. The number of rotatable bonds is 5. The lowest BCUT2D eigenvalue weighted by molar-refractivity contribution is -0.0553. The normalized spacial score (nSPS) is 23.7. The summed E-state index contributed by atoms with van der Waals surface area (Å²) in [6, 6.07) is 24.3. The first-order valence-electron chi connectivity index (χ1n) is 12.5. The van der Waals surface area contributed by atoms with Gasteiger partial charge in [0, 0.05) is 31.1 Å². The summed E-state index contributed by atoms with van der Waals surface area (Å²) in [6.45, 7) is 5.92. The van der Waals surface area contributed by atoms with Gasteiger partial charge in [0.1, 0.15) is 0 Å². The fraction of sp³-hybridized carbons (Fsp3) is 0.379. The molecule has 2 unspecified atom stereocenters. The van der Waals surface area contributed by atoms with Crippen molar-refractivity contribution in [2.75, 3.05) is 26.2 Å². The first-order chi connectivity index (χ1) is 16.9. The first-order valence-corrected chi connectivity index (χ1v) is 13.9. The Morgan fingerprint density at radius 3 is 2.20 bits per heavy atom. The van der Waals surface area contributed by atoms with Crippen LogP contribution < -0.4 is 0 Å². The van der Waals surface area contributed by atoms with Gasteiger partial charge in [0.2, 0.25) is 10.0 Å². The van der Waals surface area contributed by atoms with Crippen LogP contribution in [0.1, 0.15) is 35.4 Å². The van der Waals surface area contributed by atoms with Gasteiger partial charge in [-0.2, -0.15) is 4.31 Å². The molecule has 1 N–H and O–H groups in total. The fourth-order valence-electron chi connectivity index (χ4n) is 5.89. The fourth-order valence-corrected chi connectivity index (χ4v) is 7.62. The Morgan fingerprint density at radius 1 is 0.857 bits per heavy atom. The van der Waals surface area contributed by atoms with Gasteiger partial charge >= 0.3 is 0 Å². The maximum atomic E-state index is 13.6. The molecule has 2 fully saturated rings. The highest BCUT2D eigenvalue weighted by Gasteiger charge is 2.50. The molecule has 3 aromatic rings. The molecule has 0 amide bonds. The molecule has 35 heavy (non-hydrogen) atoms. The zero-order valence-corrected chi connectivity index (χ0v) is 21.3. The van der Waals surface area contributed by atoms with E-state index in [9.17, 15) is 13.5 Å². The standard InChI is InChI=1S/C29H34N2O3S/c1-21-9-3-5-11-25(21)23-13-15-24(16-14-23)29-26-19-30(17-7-8-18-31(26)27(29)20-32)35(33,34)28-12-6-4-10-22(28)2/h3-6,9-16,26-27,29,32H,7-8,17-20H2,1-2H3/t26-,27?,29?/m0/s1. The lowest BCUT2D eigenvalue weighted by Crippen LogP contribution is -2.67. The third-order valence-corrected chi connectivity index (χ3v) is 9.82. The van der Waals surface area contributed by atoms with Crippen LogP contribution in [0.5, 0.6) is 0 Å². The Labute approximate surface area is 209 Å². The molecule has 5 rings (SSSR count). The number of hydrogen-bond donors (Lipinski definition) is 1. The molecule has 2 aliphatic heterocycles. The Kier molecular flexibility index (Phi) is 6.82. The summed E-state index contributed by atoms with van der Waals surface area (Å²) in [4.78, 5) is 2.71. The van der Waals surface area contributed by atoms with Gasteiger partial charge in [-0.3, -0.25) is 4.90 Å². The van der Waals surface area contributed by atoms with Gasteiger partial charge in [-0.1, -0.05) is 66.7 Å². The van der Waals surface area contributed by atoms with Gasteiger partial charge < -0.3 is 5.11 Å². The van der Waals surface area contributed by atoms with Crippen molar-refractivity contribution in [1.82, 2.24) is 9.21 Å². The topological polar surface area (TPSA) is 60.9 Å². The molecule has 184 valence electrons. The second-order valence-electron chi connectivity index (χ2n) is 9.85. The predicted octanol–water partition coefficient (Wildman–Crippen LogP) is 4.58. The van der Waals surface area contributed by atoms with Crippen molar-refractivity contribution >= 4 is 10.0 Å². The van der Waals surface area contributed by atoms with Crippen LogP contribution in [-0.2, 0) is 10.0 Å². The van der Waals surface area contributed by atoms with Gasteiger partial charge in [-0.15, -0.1) is 0 Å². The van der Waals surface area contributed by atoms with E-state index >= 15 is 0 Å².